The van der Waals surface area contributed by atoms with Gasteiger partial charge in [0.1, 0.15) is 0 Å². The lowest BCUT2D eigenvalue weighted by molar-refractivity contribution is 0.828. The van der Waals surface area contributed by atoms with Crippen LogP contribution < -0.4 is 0 Å². The Morgan fingerprint density at radius 3 is 1.47 bits per heavy atom. The lowest BCUT2D eigenvalue weighted by atomic mass is 9.94. The molecule has 0 saturated heterocycles. The first-order valence-electron chi connectivity index (χ1n) is 27.6. The Labute approximate surface area is 430 Å². The van der Waals surface area contributed by atoms with Crippen molar-refractivity contribution in [3.63, 3.8) is 0 Å². The zero-order valence-corrected chi connectivity index (χ0v) is 45.9. The highest BCUT2D eigenvalue weighted by Gasteiger charge is 2.29. The summed E-state index contributed by atoms with van der Waals surface area (Å²) in [5.41, 5.74) is 17.1. The average Bonchev–Trinajstić information content (AvgIpc) is 4.23. The molecule has 0 amide bonds. The van der Waals surface area contributed by atoms with Crippen molar-refractivity contribution in [2.24, 2.45) is 0 Å². The topological polar surface area (TPSA) is 9.86 Å². The Balaban J connectivity index is 0.000000175. The van der Waals surface area contributed by atoms with Crippen LogP contribution in [0.15, 0.2) is 170 Å². The van der Waals surface area contributed by atoms with Crippen LogP contribution >= 0.6 is 0 Å². The van der Waals surface area contributed by atoms with Gasteiger partial charge in [-0.3, -0.25) is 0 Å². The van der Waals surface area contributed by atoms with Crippen LogP contribution in [0.2, 0.25) is 0 Å². The molecule has 2 heterocycles. The molecule has 2 heteroatoms. The molecule has 72 heavy (non-hydrogen) atoms. The van der Waals surface area contributed by atoms with E-state index in [0.717, 1.165) is 25.9 Å². The summed E-state index contributed by atoms with van der Waals surface area (Å²) < 4.78 is 5.06. The molecule has 0 spiro atoms. The van der Waals surface area contributed by atoms with E-state index in [9.17, 15) is 0 Å². The number of hydrogen-bond donors (Lipinski definition) is 0. The zero-order valence-electron chi connectivity index (χ0n) is 45.9. The second-order valence-electron chi connectivity index (χ2n) is 16.8. The number of hydrogen-bond acceptors (Lipinski definition) is 0. The quantitative estimate of drug-likeness (QED) is 0.163. The normalized spacial score (nSPS) is 11.2. The van der Waals surface area contributed by atoms with Crippen molar-refractivity contribution in [3.05, 3.63) is 192 Å². The largest absolute Gasteiger partial charge is 0.340 e. The predicted molar refractivity (Wildman–Crippen MR) is 325 cm³/mol. The molecule has 368 valence electrons. The standard InChI is InChI=1S/2C29H21N.6C2H6/c1-2-30-26-16-13-19-8-4-6-10-22(19)28(26)24-15-12-20-17-25-21-9-5-3-7-18(21)11-14-23(25)27(20)29(24)30;1-2-30-26-14-8-7-13-23(26)27-22-12-6-5-11-21(22)25-17-20-15-18-9-3-4-10-19(18)16-24(20)28(25)29(27)30;6*1-2/h2*3-16H,2,17H2,1H3;6*1-2H3. The fraction of sp³-hybridized carbons (Fsp3) is 0.257. The Hall–Kier alpha value is -7.16. The average molecular weight is 947 g/mol. The highest BCUT2D eigenvalue weighted by atomic mass is 15.0. The van der Waals surface area contributed by atoms with Crippen molar-refractivity contribution >= 4 is 86.7 Å². The van der Waals surface area contributed by atoms with Gasteiger partial charge in [-0.15, -0.1) is 0 Å². The van der Waals surface area contributed by atoms with Gasteiger partial charge < -0.3 is 9.13 Å². The maximum Gasteiger partial charge on any atom is 0.0580 e. The molecule has 2 aliphatic carbocycles. The third-order valence-electron chi connectivity index (χ3n) is 14.0. The number of para-hydroxylation sites is 1. The highest BCUT2D eigenvalue weighted by Crippen LogP contribution is 2.50. The smallest absolute Gasteiger partial charge is 0.0580 e. The molecule has 2 nitrogen and oxygen atoms in total. The van der Waals surface area contributed by atoms with Gasteiger partial charge in [-0.2, -0.15) is 0 Å². The molecule has 0 bridgehead atoms. The van der Waals surface area contributed by atoms with Crippen LogP contribution in [-0.2, 0) is 25.9 Å². The van der Waals surface area contributed by atoms with E-state index in [0.29, 0.717) is 0 Å². The third-order valence-corrected chi connectivity index (χ3v) is 14.0. The summed E-state index contributed by atoms with van der Waals surface area (Å²) in [6.07, 6.45) is 2.03. The summed E-state index contributed by atoms with van der Waals surface area (Å²) in [5, 5.41) is 16.4. The molecule has 0 N–H and O–H groups in total. The van der Waals surface area contributed by atoms with Crippen LogP contribution in [0, 0.1) is 0 Å². The van der Waals surface area contributed by atoms with E-state index in [1.807, 2.05) is 83.1 Å². The first-order valence-corrected chi connectivity index (χ1v) is 27.6. The molecular formula is C70H78N2. The summed E-state index contributed by atoms with van der Waals surface area (Å²) in [7, 11) is 0. The van der Waals surface area contributed by atoms with Crippen molar-refractivity contribution in [3.8, 4) is 22.3 Å². The van der Waals surface area contributed by atoms with E-state index in [1.165, 1.54) is 131 Å². The minimum Gasteiger partial charge on any atom is -0.340 e. The fourth-order valence-corrected chi connectivity index (χ4v) is 11.5. The van der Waals surface area contributed by atoms with Crippen LogP contribution in [0.4, 0.5) is 0 Å². The SMILES string of the molecule is CC.CC.CC.CC.CC.CC.CCn1c2ccc3ccccc3c2c2ccc3c(c21)-c1ccc2ccccc2c1C3.CCn1c2ccccc2c2c3ccccc3c3c(c21)-c1cc2ccccc2cc1C3. The molecule has 0 fully saturated rings. The Kier molecular flexibility index (Phi) is 17.4. The zero-order chi connectivity index (χ0) is 51.6. The molecule has 2 aromatic heterocycles. The van der Waals surface area contributed by atoms with E-state index in [-0.39, 0.29) is 0 Å². The van der Waals surface area contributed by atoms with Gasteiger partial charge in [-0.05, 0) is 121 Å². The fourth-order valence-electron chi connectivity index (χ4n) is 11.5. The third kappa shape index (κ3) is 8.63. The molecule has 12 aromatic rings. The summed E-state index contributed by atoms with van der Waals surface area (Å²) in [6, 6.07) is 63.0. The first-order chi connectivity index (χ1) is 35.7. The predicted octanol–water partition coefficient (Wildman–Crippen LogP) is 21.5. The number of aryl methyl sites for hydroxylation is 2. The van der Waals surface area contributed by atoms with Crippen molar-refractivity contribution in [2.45, 2.75) is 123 Å². The number of nitrogens with zero attached hydrogens (tertiary/aromatic N) is 2. The second kappa shape index (κ2) is 23.8. The van der Waals surface area contributed by atoms with Gasteiger partial charge in [0, 0.05) is 56.8 Å². The van der Waals surface area contributed by atoms with Crippen LogP contribution in [0.5, 0.6) is 0 Å². The van der Waals surface area contributed by atoms with Gasteiger partial charge in [0.15, 0.2) is 0 Å². The summed E-state index contributed by atoms with van der Waals surface area (Å²) in [5.74, 6) is 0. The van der Waals surface area contributed by atoms with Crippen molar-refractivity contribution < 1.29 is 0 Å². The van der Waals surface area contributed by atoms with Gasteiger partial charge >= 0.3 is 0 Å². The Bertz CT molecular complexity index is 3800. The number of benzene rings is 10. The Morgan fingerprint density at radius 1 is 0.319 bits per heavy atom. The maximum atomic E-state index is 2.53. The van der Waals surface area contributed by atoms with E-state index in [1.54, 1.807) is 0 Å². The molecule has 0 radical (unpaired) electrons. The summed E-state index contributed by atoms with van der Waals surface area (Å²) in [4.78, 5) is 0. The number of aromatic nitrogens is 2. The molecule has 14 rings (SSSR count). The first kappa shape index (κ1) is 52.7. The van der Waals surface area contributed by atoms with Gasteiger partial charge in [-0.1, -0.05) is 235 Å². The molecule has 0 unspecified atom stereocenters. The summed E-state index contributed by atoms with van der Waals surface area (Å²) in [6.45, 7) is 30.5. The minimum atomic E-state index is 0.970. The lowest BCUT2D eigenvalue weighted by Gasteiger charge is -2.13. The van der Waals surface area contributed by atoms with Gasteiger partial charge in [-0.25, -0.2) is 0 Å². The van der Waals surface area contributed by atoms with Crippen LogP contribution in [0.25, 0.3) is 109 Å². The maximum absolute atomic E-state index is 2.53. The van der Waals surface area contributed by atoms with E-state index in [2.05, 4.69) is 193 Å². The second-order valence-corrected chi connectivity index (χ2v) is 16.8. The lowest BCUT2D eigenvalue weighted by Crippen LogP contribution is -1.96. The number of rotatable bonds is 2. The van der Waals surface area contributed by atoms with Crippen molar-refractivity contribution in [1.29, 1.82) is 0 Å². The molecule has 0 aliphatic heterocycles. The minimum absolute atomic E-state index is 0.970. The monoisotopic (exact) mass is 947 g/mol. The van der Waals surface area contributed by atoms with Gasteiger partial charge in [0.05, 0.1) is 11.0 Å². The van der Waals surface area contributed by atoms with Crippen molar-refractivity contribution in [1.82, 2.24) is 9.13 Å². The summed E-state index contributed by atoms with van der Waals surface area (Å²) >= 11 is 0. The highest BCUT2D eigenvalue weighted by molar-refractivity contribution is 6.27. The Morgan fingerprint density at radius 2 is 0.819 bits per heavy atom. The van der Waals surface area contributed by atoms with Crippen LogP contribution in [-0.4, -0.2) is 9.13 Å². The van der Waals surface area contributed by atoms with E-state index in [4.69, 9.17) is 0 Å². The molecule has 0 atom stereocenters. The molecular weight excluding hydrogens is 869 g/mol. The molecule has 2 aliphatic rings. The van der Waals surface area contributed by atoms with Gasteiger partial charge in [0.2, 0.25) is 0 Å². The van der Waals surface area contributed by atoms with Crippen LogP contribution in [0.1, 0.15) is 119 Å². The molecule has 0 saturated carbocycles. The van der Waals surface area contributed by atoms with Crippen molar-refractivity contribution in [2.75, 3.05) is 0 Å². The van der Waals surface area contributed by atoms with E-state index < -0.39 is 0 Å². The van der Waals surface area contributed by atoms with E-state index >= 15 is 0 Å². The number of fused-ring (bicyclic) bond motifs is 22. The van der Waals surface area contributed by atoms with Gasteiger partial charge in [0.25, 0.3) is 0 Å². The van der Waals surface area contributed by atoms with Crippen LogP contribution in [0.3, 0.4) is 0 Å². The molecule has 10 aromatic carbocycles.